The van der Waals surface area contributed by atoms with E-state index in [1.54, 1.807) is 17.8 Å². The van der Waals surface area contributed by atoms with Crippen LogP contribution in [-0.2, 0) is 33.4 Å². The minimum absolute atomic E-state index is 0.000605. The van der Waals surface area contributed by atoms with Crippen molar-refractivity contribution in [3.05, 3.63) is 11.6 Å². The van der Waals surface area contributed by atoms with E-state index in [0.29, 0.717) is 50.3 Å². The number of aliphatic carboxylic acids is 1. The molecule has 7 aliphatic rings. The fourth-order valence-corrected chi connectivity index (χ4v) is 13.9. The van der Waals surface area contributed by atoms with E-state index in [1.165, 1.54) is 4.90 Å². The molecule has 15 nitrogen and oxygen atoms in total. The van der Waals surface area contributed by atoms with Crippen LogP contribution < -0.4 is 16.0 Å². The number of hydrogen-bond acceptors (Lipinski definition) is 11. The first-order chi connectivity index (χ1) is 28.3. The number of carboxylic acid groups (broad SMARTS) is 1. The number of aliphatic hydroxyl groups excluding tert-OH is 1. The number of carbonyl (C=O) groups excluding carboxylic acids is 5. The molecule has 4 aliphatic carbocycles. The number of aliphatic hydroxyl groups is 2. The Kier molecular flexibility index (Phi) is 14.0. The summed E-state index contributed by atoms with van der Waals surface area (Å²) in [5, 5.41) is 41.4. The Morgan fingerprint density at radius 1 is 0.949 bits per heavy atom. The molecule has 5 amide bonds. The lowest BCUT2D eigenvalue weighted by Crippen LogP contribution is -2.62. The van der Waals surface area contributed by atoms with Gasteiger partial charge in [-0.05, 0) is 112 Å². The molecule has 2 saturated heterocycles. The first-order valence-corrected chi connectivity index (χ1v) is 23.2. The monoisotopic (exact) mass is 844 g/mol. The topological polar surface area (TPSA) is 221 Å². The van der Waals surface area contributed by atoms with Crippen molar-refractivity contribution in [1.82, 2.24) is 20.9 Å². The number of esters is 1. The van der Waals surface area contributed by atoms with E-state index >= 15 is 0 Å². The highest BCUT2D eigenvalue weighted by atomic mass is 32.2. The van der Waals surface area contributed by atoms with Crippen LogP contribution >= 0.6 is 11.8 Å². The number of rotatable bonds is 18. The molecular formula is C43H64N4O11S. The molecule has 3 heterocycles. The Bertz CT molecular complexity index is 1650. The van der Waals surface area contributed by atoms with Gasteiger partial charge in [-0.25, -0.2) is 9.59 Å². The molecule has 12 atom stereocenters. The fourth-order valence-electron chi connectivity index (χ4n) is 12.3. The molecule has 7 rings (SSSR count). The number of nitrogens with zero attached hydrogens (tertiary/aromatic N) is 1. The number of hydrogen-bond donors (Lipinski definition) is 6. The van der Waals surface area contributed by atoms with E-state index in [1.807, 2.05) is 0 Å². The Labute approximate surface area is 350 Å². The zero-order chi connectivity index (χ0) is 41.9. The summed E-state index contributed by atoms with van der Waals surface area (Å²) >= 11 is 1.70. The zero-order valence-corrected chi connectivity index (χ0v) is 35.2. The van der Waals surface area contributed by atoms with Gasteiger partial charge in [-0.2, -0.15) is 11.8 Å². The molecular weight excluding hydrogens is 781 g/mol. The van der Waals surface area contributed by atoms with Gasteiger partial charge in [-0.15, -0.1) is 0 Å². The average molecular weight is 845 g/mol. The SMILES string of the molecule is C[C@]12CC[C@H](OCC(=O)NCCCCCC(=O)NCCC(=O)N3C(=O)N[C@@H]4[C@H](CCCCC(=O)O)SC[C@@H]43)C[C@H]1CCC1[C@@H]2C[C@@H](O)C2[C@@H](C3=CC(=O)OC3)CC[C@@]21O. The van der Waals surface area contributed by atoms with E-state index in [9.17, 15) is 39.0 Å². The minimum atomic E-state index is -0.943. The number of urea groups is 1. The van der Waals surface area contributed by atoms with Crippen LogP contribution in [0.4, 0.5) is 4.79 Å². The standard InChI is InChI=1S/C43H64N4O11S/c1-42-15-12-27(20-26(42)10-11-29-30(42)21-32(48)39-28(13-16-43(29,39)56)25-19-38(54)58-22-25)57-23-35(50)44-17-6-2-3-8-34(49)45-18-14-36(51)47-31-24-59-33(40(31)46-41(47)55)7-4-5-9-37(52)53/h19,26-33,39-40,48,56H,2-18,20-24H2,1H3,(H,44,50)(H,45,49)(H,46,55)(H,52,53)/t26-,27+,28-,29?,30+,31+,32-,33+,39?,40+,42+,43+/m1/s1. The zero-order valence-electron chi connectivity index (χ0n) is 34.4. The third-order valence-corrected chi connectivity index (χ3v) is 16.8. The van der Waals surface area contributed by atoms with Crippen LogP contribution in [0, 0.1) is 35.0 Å². The summed E-state index contributed by atoms with van der Waals surface area (Å²) in [5.41, 5.74) is -0.0490. The van der Waals surface area contributed by atoms with E-state index in [2.05, 4.69) is 22.9 Å². The third-order valence-electron chi connectivity index (χ3n) is 15.3. The third kappa shape index (κ3) is 9.50. The van der Waals surface area contributed by atoms with Gasteiger partial charge in [0.25, 0.3) is 0 Å². The molecule has 328 valence electrons. The summed E-state index contributed by atoms with van der Waals surface area (Å²) in [6, 6.07) is -0.770. The Morgan fingerprint density at radius 3 is 2.53 bits per heavy atom. The van der Waals surface area contributed by atoms with Crippen molar-refractivity contribution in [1.29, 1.82) is 0 Å². The lowest BCUT2D eigenvalue weighted by molar-refractivity contribution is -0.210. The second-order valence-corrected chi connectivity index (χ2v) is 19.8. The molecule has 0 bridgehead atoms. The summed E-state index contributed by atoms with van der Waals surface area (Å²) < 4.78 is 11.3. The van der Waals surface area contributed by atoms with Crippen LogP contribution in [0.2, 0.25) is 0 Å². The van der Waals surface area contributed by atoms with Crippen LogP contribution in [0.25, 0.3) is 0 Å². The highest BCUT2D eigenvalue weighted by Gasteiger charge is 2.65. The predicted molar refractivity (Wildman–Crippen MR) is 217 cm³/mol. The van der Waals surface area contributed by atoms with Gasteiger partial charge >= 0.3 is 18.0 Å². The van der Waals surface area contributed by atoms with Gasteiger partial charge in [0.1, 0.15) is 13.2 Å². The smallest absolute Gasteiger partial charge is 0.331 e. The van der Waals surface area contributed by atoms with Gasteiger partial charge in [0.2, 0.25) is 17.7 Å². The Hall–Kier alpha value is -3.21. The molecule has 16 heteroatoms. The summed E-state index contributed by atoms with van der Waals surface area (Å²) in [6.45, 7) is 3.24. The van der Waals surface area contributed by atoms with Gasteiger partial charge in [0.15, 0.2) is 0 Å². The number of thioether (sulfide) groups is 1. The Morgan fingerprint density at radius 2 is 1.75 bits per heavy atom. The van der Waals surface area contributed by atoms with Crippen molar-refractivity contribution in [2.75, 3.05) is 32.1 Å². The molecule has 0 aromatic rings. The number of cyclic esters (lactones) is 1. The molecule has 3 aliphatic heterocycles. The molecule has 6 N–H and O–H groups in total. The van der Waals surface area contributed by atoms with Crippen LogP contribution in [-0.4, -0.2) is 123 Å². The maximum absolute atomic E-state index is 12.9. The summed E-state index contributed by atoms with van der Waals surface area (Å²) in [7, 11) is 0. The fraction of sp³-hybridized carbons (Fsp3) is 0.814. The molecule has 0 radical (unpaired) electrons. The number of carboxylic acids is 1. The number of unbranched alkanes of at least 4 members (excludes halogenated alkanes) is 3. The highest BCUT2D eigenvalue weighted by molar-refractivity contribution is 8.00. The van der Waals surface area contributed by atoms with Crippen molar-refractivity contribution < 1.29 is 53.6 Å². The molecule has 6 fully saturated rings. The summed E-state index contributed by atoms with van der Waals surface area (Å²) in [4.78, 5) is 74.5. The second kappa shape index (κ2) is 18.8. The summed E-state index contributed by atoms with van der Waals surface area (Å²) in [6.07, 6.45) is 12.2. The first kappa shape index (κ1) is 43.9. The van der Waals surface area contributed by atoms with Crippen LogP contribution in [0.15, 0.2) is 11.6 Å². The van der Waals surface area contributed by atoms with Gasteiger partial charge in [-0.3, -0.25) is 24.1 Å². The van der Waals surface area contributed by atoms with Crippen molar-refractivity contribution >= 4 is 47.5 Å². The predicted octanol–water partition coefficient (Wildman–Crippen LogP) is 3.44. The van der Waals surface area contributed by atoms with E-state index in [4.69, 9.17) is 14.6 Å². The lowest BCUT2D eigenvalue weighted by Gasteiger charge is -2.62. The first-order valence-electron chi connectivity index (χ1n) is 22.2. The average Bonchev–Trinajstić information content (AvgIpc) is 3.97. The van der Waals surface area contributed by atoms with Gasteiger partial charge in [-0.1, -0.05) is 19.8 Å². The second-order valence-electron chi connectivity index (χ2n) is 18.6. The van der Waals surface area contributed by atoms with Crippen LogP contribution in [0.1, 0.15) is 116 Å². The molecule has 0 aromatic heterocycles. The molecule has 4 saturated carbocycles. The maximum Gasteiger partial charge on any atom is 0.331 e. The van der Waals surface area contributed by atoms with Crippen molar-refractivity contribution in [2.24, 2.45) is 35.0 Å². The van der Waals surface area contributed by atoms with E-state index in [-0.39, 0.29) is 109 Å². The Balaban J connectivity index is 0.738. The number of imide groups is 1. The molecule has 59 heavy (non-hydrogen) atoms. The van der Waals surface area contributed by atoms with Crippen molar-refractivity contribution in [3.63, 3.8) is 0 Å². The minimum Gasteiger partial charge on any atom is -0.481 e. The molecule has 2 unspecified atom stereocenters. The number of ether oxygens (including phenoxy) is 2. The van der Waals surface area contributed by atoms with E-state index < -0.39 is 23.7 Å². The number of nitrogens with one attached hydrogen (secondary N) is 3. The van der Waals surface area contributed by atoms with Gasteiger partial charge in [0, 0.05) is 55.3 Å². The maximum atomic E-state index is 12.9. The summed E-state index contributed by atoms with van der Waals surface area (Å²) in [5.74, 6) is -0.712. The lowest BCUT2D eigenvalue weighted by atomic mass is 9.45. The van der Waals surface area contributed by atoms with Crippen molar-refractivity contribution in [3.8, 4) is 0 Å². The largest absolute Gasteiger partial charge is 0.481 e. The van der Waals surface area contributed by atoms with Crippen LogP contribution in [0.5, 0.6) is 0 Å². The number of fused-ring (bicyclic) bond motifs is 6. The quantitative estimate of drug-likeness (QED) is 0.0664. The number of carbonyl (C=O) groups is 6. The molecule has 0 aromatic carbocycles. The van der Waals surface area contributed by atoms with Gasteiger partial charge < -0.3 is 40.7 Å². The van der Waals surface area contributed by atoms with Crippen molar-refractivity contribution in [2.45, 2.75) is 151 Å². The highest BCUT2D eigenvalue weighted by Crippen LogP contribution is 2.66. The van der Waals surface area contributed by atoms with Crippen LogP contribution in [0.3, 0.4) is 0 Å². The molecule has 0 spiro atoms. The van der Waals surface area contributed by atoms with E-state index in [0.717, 1.165) is 69.8 Å². The van der Waals surface area contributed by atoms with Gasteiger partial charge in [0.05, 0.1) is 29.9 Å². The number of amides is 5. The normalized spacial score (nSPS) is 37.1.